The number of benzene rings is 2. The summed E-state index contributed by atoms with van der Waals surface area (Å²) in [6.07, 6.45) is 2.20. The molecule has 1 N–H and O–H groups in total. The van der Waals surface area contributed by atoms with Crippen molar-refractivity contribution in [2.45, 2.75) is 19.8 Å². The first-order chi connectivity index (χ1) is 12.2. The van der Waals surface area contributed by atoms with E-state index in [-0.39, 0.29) is 0 Å². The third-order valence-electron chi connectivity index (χ3n) is 4.33. The van der Waals surface area contributed by atoms with Crippen LogP contribution in [0.1, 0.15) is 17.7 Å². The number of hydrogen-bond donors (Lipinski definition) is 1. The Balaban J connectivity index is 1.70. The highest BCUT2D eigenvalue weighted by molar-refractivity contribution is 6.33. The summed E-state index contributed by atoms with van der Waals surface area (Å²) >= 11 is 6.25. The van der Waals surface area contributed by atoms with Gasteiger partial charge in [0.1, 0.15) is 5.82 Å². The molecule has 0 atom stereocenters. The van der Waals surface area contributed by atoms with Crippen molar-refractivity contribution in [3.05, 3.63) is 70.9 Å². The number of para-hydroxylation sites is 2. The quantitative estimate of drug-likeness (QED) is 0.699. The first-order valence-electron chi connectivity index (χ1n) is 8.43. The van der Waals surface area contributed by atoms with Crippen molar-refractivity contribution >= 4 is 34.7 Å². The molecule has 2 heterocycles. The summed E-state index contributed by atoms with van der Waals surface area (Å²) in [7, 11) is 0. The molecule has 0 radical (unpaired) electrons. The number of aryl methyl sites for hydroxylation is 2. The summed E-state index contributed by atoms with van der Waals surface area (Å²) in [5.41, 5.74) is 4.30. The van der Waals surface area contributed by atoms with Crippen molar-refractivity contribution in [1.82, 2.24) is 9.97 Å². The second-order valence-electron chi connectivity index (χ2n) is 6.18. The highest BCUT2D eigenvalue weighted by Gasteiger charge is 2.20. The number of nitrogens with one attached hydrogen (secondary N) is 1. The normalized spacial score (nSPS) is 13.4. The summed E-state index contributed by atoms with van der Waals surface area (Å²) in [5, 5.41) is 3.98. The average molecular weight is 351 g/mol. The number of halogens is 1. The molecule has 0 bridgehead atoms. The van der Waals surface area contributed by atoms with Crippen molar-refractivity contribution in [3.8, 4) is 0 Å². The van der Waals surface area contributed by atoms with E-state index in [9.17, 15) is 0 Å². The van der Waals surface area contributed by atoms with Crippen LogP contribution in [0.25, 0.3) is 0 Å². The van der Waals surface area contributed by atoms with Crippen LogP contribution < -0.4 is 10.2 Å². The summed E-state index contributed by atoms with van der Waals surface area (Å²) < 4.78 is 0. The van der Waals surface area contributed by atoms with Crippen molar-refractivity contribution in [3.63, 3.8) is 0 Å². The molecule has 0 saturated carbocycles. The number of nitrogens with zero attached hydrogens (tertiary/aromatic N) is 3. The van der Waals surface area contributed by atoms with Gasteiger partial charge in [0.25, 0.3) is 0 Å². The van der Waals surface area contributed by atoms with Crippen LogP contribution in [0.15, 0.2) is 54.6 Å². The van der Waals surface area contributed by atoms with Crippen LogP contribution in [0, 0.1) is 6.92 Å². The fourth-order valence-electron chi connectivity index (χ4n) is 3.18. The molecule has 1 aliphatic heterocycles. The van der Waals surface area contributed by atoms with E-state index in [1.807, 2.05) is 37.3 Å². The zero-order chi connectivity index (χ0) is 17.2. The Kier molecular flexibility index (Phi) is 4.28. The molecule has 0 unspecified atom stereocenters. The number of anilines is 4. The van der Waals surface area contributed by atoms with Gasteiger partial charge in [0, 0.05) is 24.0 Å². The zero-order valence-corrected chi connectivity index (χ0v) is 14.8. The van der Waals surface area contributed by atoms with Crippen LogP contribution in [-0.2, 0) is 6.42 Å². The van der Waals surface area contributed by atoms with Gasteiger partial charge < -0.3 is 10.2 Å². The van der Waals surface area contributed by atoms with E-state index in [0.717, 1.165) is 42.5 Å². The van der Waals surface area contributed by atoms with E-state index in [4.69, 9.17) is 16.6 Å². The lowest BCUT2D eigenvalue weighted by Gasteiger charge is -2.29. The molecule has 3 aromatic rings. The number of aromatic nitrogens is 2. The zero-order valence-electron chi connectivity index (χ0n) is 14.0. The molecule has 4 nitrogen and oxygen atoms in total. The predicted molar refractivity (Wildman–Crippen MR) is 103 cm³/mol. The molecule has 5 heteroatoms. The average Bonchev–Trinajstić information content (AvgIpc) is 2.63. The second-order valence-corrected chi connectivity index (χ2v) is 6.59. The standard InChI is InChI=1S/C20H19ClN4/c1-14-13-19(23-17-10-4-3-9-16(17)21)24-20(22-14)25-12-6-8-15-7-2-5-11-18(15)25/h2-5,7,9-11,13H,6,8,12H2,1H3,(H,22,23,24). The molecular formula is C20H19ClN4. The van der Waals surface area contributed by atoms with Gasteiger partial charge in [-0.2, -0.15) is 4.98 Å². The van der Waals surface area contributed by atoms with E-state index in [2.05, 4.69) is 39.5 Å². The molecule has 0 amide bonds. The smallest absolute Gasteiger partial charge is 0.232 e. The Morgan fingerprint density at radius 2 is 1.84 bits per heavy atom. The minimum absolute atomic E-state index is 0.670. The summed E-state index contributed by atoms with van der Waals surface area (Å²) in [5.74, 6) is 1.47. The van der Waals surface area contributed by atoms with E-state index in [1.165, 1.54) is 11.3 Å². The van der Waals surface area contributed by atoms with Gasteiger partial charge in [-0.3, -0.25) is 0 Å². The van der Waals surface area contributed by atoms with E-state index >= 15 is 0 Å². The van der Waals surface area contributed by atoms with Gasteiger partial charge >= 0.3 is 0 Å². The fraction of sp³-hybridized carbons (Fsp3) is 0.200. The van der Waals surface area contributed by atoms with Crippen LogP contribution in [0.4, 0.5) is 23.1 Å². The number of rotatable bonds is 3. The first kappa shape index (κ1) is 15.9. The van der Waals surface area contributed by atoms with Crippen LogP contribution in [0.2, 0.25) is 5.02 Å². The molecule has 0 spiro atoms. The van der Waals surface area contributed by atoms with Gasteiger partial charge in [0.05, 0.1) is 10.7 Å². The minimum atomic E-state index is 0.670. The Morgan fingerprint density at radius 1 is 1.04 bits per heavy atom. The molecule has 1 aromatic heterocycles. The largest absolute Gasteiger partial charge is 0.339 e. The van der Waals surface area contributed by atoms with Gasteiger partial charge in [-0.15, -0.1) is 0 Å². The molecular weight excluding hydrogens is 332 g/mol. The summed E-state index contributed by atoms with van der Waals surface area (Å²) in [6, 6.07) is 18.1. The van der Waals surface area contributed by atoms with Crippen molar-refractivity contribution in [2.24, 2.45) is 0 Å². The lowest BCUT2D eigenvalue weighted by atomic mass is 10.0. The van der Waals surface area contributed by atoms with E-state index in [1.54, 1.807) is 0 Å². The van der Waals surface area contributed by atoms with Gasteiger partial charge in [-0.05, 0) is 43.5 Å². The van der Waals surface area contributed by atoms with Gasteiger partial charge in [0.15, 0.2) is 0 Å². The summed E-state index contributed by atoms with van der Waals surface area (Å²) in [6.45, 7) is 2.91. The van der Waals surface area contributed by atoms with Crippen molar-refractivity contribution < 1.29 is 0 Å². The third kappa shape index (κ3) is 3.30. The molecule has 25 heavy (non-hydrogen) atoms. The molecule has 1 aliphatic rings. The van der Waals surface area contributed by atoms with E-state index < -0.39 is 0 Å². The Hall–Kier alpha value is -2.59. The minimum Gasteiger partial charge on any atom is -0.339 e. The third-order valence-corrected chi connectivity index (χ3v) is 4.66. The fourth-order valence-corrected chi connectivity index (χ4v) is 3.36. The lowest BCUT2D eigenvalue weighted by Crippen LogP contribution is -2.26. The maximum absolute atomic E-state index is 6.25. The molecule has 0 fully saturated rings. The number of hydrogen-bond acceptors (Lipinski definition) is 4. The van der Waals surface area contributed by atoms with Crippen LogP contribution in [0.3, 0.4) is 0 Å². The predicted octanol–water partition coefficient (Wildman–Crippen LogP) is 5.27. The molecule has 0 aliphatic carbocycles. The van der Waals surface area contributed by atoms with Crippen LogP contribution in [0.5, 0.6) is 0 Å². The monoisotopic (exact) mass is 350 g/mol. The molecule has 2 aromatic carbocycles. The molecule has 126 valence electrons. The topological polar surface area (TPSA) is 41.1 Å². The van der Waals surface area contributed by atoms with Crippen molar-refractivity contribution in [2.75, 3.05) is 16.8 Å². The van der Waals surface area contributed by atoms with Crippen molar-refractivity contribution in [1.29, 1.82) is 0 Å². The Labute approximate surface area is 152 Å². The van der Waals surface area contributed by atoms with E-state index in [0.29, 0.717) is 5.02 Å². The molecule has 4 rings (SSSR count). The first-order valence-corrected chi connectivity index (χ1v) is 8.81. The van der Waals surface area contributed by atoms with Gasteiger partial charge in [-0.1, -0.05) is 41.9 Å². The maximum Gasteiger partial charge on any atom is 0.232 e. The second kappa shape index (κ2) is 6.73. The Morgan fingerprint density at radius 3 is 2.72 bits per heavy atom. The lowest BCUT2D eigenvalue weighted by molar-refractivity contribution is 0.749. The maximum atomic E-state index is 6.25. The summed E-state index contributed by atoms with van der Waals surface area (Å²) in [4.78, 5) is 11.6. The van der Waals surface area contributed by atoms with Crippen LogP contribution in [-0.4, -0.2) is 16.5 Å². The SMILES string of the molecule is Cc1cc(Nc2ccccc2Cl)nc(N2CCCc3ccccc32)n1. The van der Waals surface area contributed by atoms with Gasteiger partial charge in [-0.25, -0.2) is 4.98 Å². The Bertz CT molecular complexity index is 910. The number of fused-ring (bicyclic) bond motifs is 1. The highest BCUT2D eigenvalue weighted by atomic mass is 35.5. The highest BCUT2D eigenvalue weighted by Crippen LogP contribution is 2.32. The molecule has 0 saturated heterocycles. The van der Waals surface area contributed by atoms with Crippen LogP contribution >= 0.6 is 11.6 Å². The van der Waals surface area contributed by atoms with Gasteiger partial charge in [0.2, 0.25) is 5.95 Å².